The fourth-order valence-corrected chi connectivity index (χ4v) is 3.15. The number of rotatable bonds is 3. The number of carbonyl (C=O) groups is 1. The Morgan fingerprint density at radius 1 is 1.30 bits per heavy atom. The molecule has 4 rings (SSSR count). The third-order valence-electron chi connectivity index (χ3n) is 4.62. The van der Waals surface area contributed by atoms with Gasteiger partial charge in [0.2, 0.25) is 11.5 Å². The molecule has 0 radical (unpaired) electrons. The molecule has 1 unspecified atom stereocenters. The first-order valence-corrected chi connectivity index (χ1v) is 8.71. The van der Waals surface area contributed by atoms with E-state index in [1.54, 1.807) is 36.7 Å². The number of aryl methyl sites for hydroxylation is 1. The molecule has 138 valence electrons. The lowest BCUT2D eigenvalue weighted by Crippen LogP contribution is -2.46. The largest absolute Gasteiger partial charge is 0.335 e. The number of alkyl halides is 1. The van der Waals surface area contributed by atoms with Crippen LogP contribution in [0.25, 0.3) is 11.4 Å². The summed E-state index contributed by atoms with van der Waals surface area (Å²) in [6, 6.07) is 6.98. The first-order valence-electron chi connectivity index (χ1n) is 8.71. The Kier molecular flexibility index (Phi) is 4.39. The Labute approximate surface area is 155 Å². The molecule has 3 aromatic rings. The third kappa shape index (κ3) is 3.42. The van der Waals surface area contributed by atoms with Crippen LogP contribution in [0.2, 0.25) is 0 Å². The van der Waals surface area contributed by atoms with Gasteiger partial charge in [0.15, 0.2) is 0 Å². The van der Waals surface area contributed by atoms with Gasteiger partial charge in [0.25, 0.3) is 11.8 Å². The van der Waals surface area contributed by atoms with Gasteiger partial charge in [-0.2, -0.15) is 4.98 Å². The molecule has 4 heterocycles. The number of hydrogen-bond donors (Lipinski definition) is 0. The van der Waals surface area contributed by atoms with E-state index in [-0.39, 0.29) is 30.6 Å². The second kappa shape index (κ2) is 6.86. The van der Waals surface area contributed by atoms with Gasteiger partial charge in [-0.3, -0.25) is 14.8 Å². The Morgan fingerprint density at radius 3 is 2.93 bits per heavy atom. The van der Waals surface area contributed by atoms with Crippen LogP contribution in [0.1, 0.15) is 34.8 Å². The van der Waals surface area contributed by atoms with Gasteiger partial charge in [0.05, 0.1) is 12.1 Å². The average Bonchev–Trinajstić information content (AvgIpc) is 3.20. The smallest absolute Gasteiger partial charge is 0.266 e. The molecule has 1 amide bonds. The molecule has 0 aromatic carbocycles. The number of piperidine rings is 1. The maximum absolute atomic E-state index is 15.6. The maximum atomic E-state index is 15.6. The normalized spacial score (nSPS) is 19.9. The van der Waals surface area contributed by atoms with Crippen LogP contribution in [0.4, 0.5) is 4.39 Å². The van der Waals surface area contributed by atoms with Crippen molar-refractivity contribution in [2.75, 3.05) is 13.1 Å². The summed E-state index contributed by atoms with van der Waals surface area (Å²) in [6.07, 6.45) is 5.45. The van der Waals surface area contributed by atoms with E-state index in [0.29, 0.717) is 24.1 Å². The zero-order valence-electron chi connectivity index (χ0n) is 14.8. The van der Waals surface area contributed by atoms with Gasteiger partial charge < -0.3 is 9.42 Å². The number of pyridine rings is 2. The summed E-state index contributed by atoms with van der Waals surface area (Å²) in [5, 5.41) is 3.87. The van der Waals surface area contributed by atoms with Crippen LogP contribution in [0.15, 0.2) is 47.4 Å². The number of nitrogens with zero attached hydrogens (tertiary/aromatic N) is 5. The molecule has 7 nitrogen and oxygen atoms in total. The lowest BCUT2D eigenvalue weighted by Gasteiger charge is -2.35. The molecule has 1 atom stereocenters. The minimum absolute atomic E-state index is 0.110. The zero-order chi connectivity index (χ0) is 18.9. The summed E-state index contributed by atoms with van der Waals surface area (Å²) in [6.45, 7) is 2.19. The van der Waals surface area contributed by atoms with Crippen molar-refractivity contribution in [1.82, 2.24) is 25.0 Å². The molecule has 27 heavy (non-hydrogen) atoms. The molecule has 0 saturated carbocycles. The van der Waals surface area contributed by atoms with Crippen molar-refractivity contribution >= 4 is 5.91 Å². The van der Waals surface area contributed by atoms with Crippen molar-refractivity contribution in [3.63, 3.8) is 0 Å². The zero-order valence-corrected chi connectivity index (χ0v) is 14.8. The SMILES string of the molecule is Cc1ccc(C(=O)N2CCCC(F)(c3nc(-c4cccnc4)no3)C2)cn1. The Morgan fingerprint density at radius 2 is 2.19 bits per heavy atom. The molecule has 0 spiro atoms. The third-order valence-corrected chi connectivity index (χ3v) is 4.62. The molecule has 1 saturated heterocycles. The van der Waals surface area contributed by atoms with E-state index in [0.717, 1.165) is 5.69 Å². The van der Waals surface area contributed by atoms with E-state index >= 15 is 4.39 Å². The van der Waals surface area contributed by atoms with Crippen molar-refractivity contribution in [1.29, 1.82) is 0 Å². The summed E-state index contributed by atoms with van der Waals surface area (Å²) in [5.74, 6) is -0.0848. The standard InChI is InChI=1S/C19H18FN5O2/c1-13-5-6-15(11-22-13)17(26)25-9-3-7-19(20,12-25)18-23-16(24-27-18)14-4-2-8-21-10-14/h2,4-6,8,10-11H,3,7,9,12H2,1H3. The van der Waals surface area contributed by atoms with Crippen molar-refractivity contribution in [3.8, 4) is 11.4 Å². The van der Waals surface area contributed by atoms with E-state index < -0.39 is 5.67 Å². The van der Waals surface area contributed by atoms with Gasteiger partial charge in [-0.25, -0.2) is 4.39 Å². The van der Waals surface area contributed by atoms with E-state index in [1.165, 1.54) is 11.1 Å². The average molecular weight is 367 g/mol. The number of carbonyl (C=O) groups excluding carboxylic acids is 1. The van der Waals surface area contributed by atoms with Crippen molar-refractivity contribution < 1.29 is 13.7 Å². The van der Waals surface area contributed by atoms with Gasteiger partial charge in [-0.15, -0.1) is 0 Å². The second-order valence-corrected chi connectivity index (χ2v) is 6.65. The predicted molar refractivity (Wildman–Crippen MR) is 94.4 cm³/mol. The highest BCUT2D eigenvalue weighted by molar-refractivity contribution is 5.94. The first-order chi connectivity index (χ1) is 13.0. The van der Waals surface area contributed by atoms with Crippen molar-refractivity contribution in [2.45, 2.75) is 25.4 Å². The van der Waals surface area contributed by atoms with Crippen LogP contribution in [0.5, 0.6) is 0 Å². The molecule has 1 fully saturated rings. The van der Waals surface area contributed by atoms with Gasteiger partial charge >= 0.3 is 0 Å². The fraction of sp³-hybridized carbons (Fsp3) is 0.316. The summed E-state index contributed by atoms with van der Waals surface area (Å²) < 4.78 is 20.8. The highest BCUT2D eigenvalue weighted by atomic mass is 19.1. The quantitative estimate of drug-likeness (QED) is 0.708. The Bertz CT molecular complexity index is 944. The number of aromatic nitrogens is 4. The van der Waals surface area contributed by atoms with E-state index in [2.05, 4.69) is 20.1 Å². The lowest BCUT2D eigenvalue weighted by atomic mass is 9.94. The lowest BCUT2D eigenvalue weighted by molar-refractivity contribution is 0.0152. The molecule has 0 N–H and O–H groups in total. The van der Waals surface area contributed by atoms with Crippen LogP contribution in [0.3, 0.4) is 0 Å². The maximum Gasteiger partial charge on any atom is 0.266 e. The van der Waals surface area contributed by atoms with Crippen LogP contribution in [0, 0.1) is 6.92 Å². The minimum Gasteiger partial charge on any atom is -0.335 e. The predicted octanol–water partition coefficient (Wildman–Crippen LogP) is 2.94. The summed E-state index contributed by atoms with van der Waals surface area (Å²) >= 11 is 0. The number of hydrogen-bond acceptors (Lipinski definition) is 6. The molecule has 8 heteroatoms. The first kappa shape index (κ1) is 17.3. The van der Waals surface area contributed by atoms with Gasteiger partial charge in [0.1, 0.15) is 0 Å². The topological polar surface area (TPSA) is 85.0 Å². The second-order valence-electron chi connectivity index (χ2n) is 6.65. The molecule has 1 aliphatic heterocycles. The molecule has 0 aliphatic carbocycles. The van der Waals surface area contributed by atoms with Gasteiger partial charge in [0, 0.05) is 36.4 Å². The van der Waals surface area contributed by atoms with E-state index in [4.69, 9.17) is 4.52 Å². The summed E-state index contributed by atoms with van der Waals surface area (Å²) in [5.41, 5.74) is 0.0234. The molecule has 0 bridgehead atoms. The summed E-state index contributed by atoms with van der Waals surface area (Å²) in [4.78, 5) is 26.5. The van der Waals surface area contributed by atoms with Gasteiger partial charge in [-0.05, 0) is 44.0 Å². The van der Waals surface area contributed by atoms with Crippen molar-refractivity contribution in [2.24, 2.45) is 0 Å². The minimum atomic E-state index is -1.88. The monoisotopic (exact) mass is 367 g/mol. The van der Waals surface area contributed by atoms with Crippen LogP contribution in [-0.4, -0.2) is 44.0 Å². The van der Waals surface area contributed by atoms with E-state index in [9.17, 15) is 4.79 Å². The molecule has 1 aliphatic rings. The van der Waals surface area contributed by atoms with Crippen molar-refractivity contribution in [3.05, 3.63) is 60.0 Å². The number of halogens is 1. The van der Waals surface area contributed by atoms with E-state index in [1.807, 2.05) is 6.92 Å². The Balaban J connectivity index is 1.55. The van der Waals surface area contributed by atoms with Crippen LogP contribution in [-0.2, 0) is 5.67 Å². The Hall–Kier alpha value is -3.16. The number of likely N-dealkylation sites (tertiary alicyclic amines) is 1. The van der Waals surface area contributed by atoms with Crippen LogP contribution < -0.4 is 0 Å². The molecular formula is C19H18FN5O2. The molecule has 3 aromatic heterocycles. The van der Waals surface area contributed by atoms with Gasteiger partial charge in [-0.1, -0.05) is 5.16 Å². The highest BCUT2D eigenvalue weighted by Crippen LogP contribution is 2.36. The highest BCUT2D eigenvalue weighted by Gasteiger charge is 2.44. The van der Waals surface area contributed by atoms with Crippen LogP contribution >= 0.6 is 0 Å². The fourth-order valence-electron chi connectivity index (χ4n) is 3.15. The molecular weight excluding hydrogens is 349 g/mol. The number of amides is 1. The summed E-state index contributed by atoms with van der Waals surface area (Å²) in [7, 11) is 0.